The fourth-order valence-corrected chi connectivity index (χ4v) is 1.89. The van der Waals surface area contributed by atoms with E-state index in [-0.39, 0.29) is 11.1 Å². The van der Waals surface area contributed by atoms with Crippen molar-refractivity contribution >= 4 is 29.0 Å². The highest BCUT2D eigenvalue weighted by Gasteiger charge is 2.12. The Labute approximate surface area is 114 Å². The van der Waals surface area contributed by atoms with Crippen LogP contribution in [-0.4, -0.2) is 17.0 Å². The molecule has 94 valence electrons. The van der Waals surface area contributed by atoms with Crippen molar-refractivity contribution in [1.29, 1.82) is 0 Å². The number of nitrogens with zero attached hydrogens (tertiary/aromatic N) is 3. The Morgan fingerprint density at radius 1 is 1.28 bits per heavy atom. The molecule has 18 heavy (non-hydrogen) atoms. The average molecular weight is 286 g/mol. The van der Waals surface area contributed by atoms with Crippen molar-refractivity contribution < 1.29 is 4.39 Å². The zero-order valence-electron chi connectivity index (χ0n) is 9.57. The van der Waals surface area contributed by atoms with E-state index < -0.39 is 5.82 Å². The van der Waals surface area contributed by atoms with Gasteiger partial charge in [0.1, 0.15) is 0 Å². The van der Waals surface area contributed by atoms with Gasteiger partial charge in [0.2, 0.25) is 5.28 Å². The summed E-state index contributed by atoms with van der Waals surface area (Å²) in [4.78, 5) is 9.06. The SMILES string of the molecule is CN(Cc1ccccc1Cl)c1nc(Cl)ncc1F. The summed E-state index contributed by atoms with van der Waals surface area (Å²) in [7, 11) is 1.71. The van der Waals surface area contributed by atoms with Crippen LogP contribution in [0.15, 0.2) is 30.5 Å². The highest BCUT2D eigenvalue weighted by atomic mass is 35.5. The van der Waals surface area contributed by atoms with Crippen molar-refractivity contribution in [3.8, 4) is 0 Å². The van der Waals surface area contributed by atoms with E-state index in [0.717, 1.165) is 11.8 Å². The predicted octanol–water partition coefficient (Wildman–Crippen LogP) is 3.56. The summed E-state index contributed by atoms with van der Waals surface area (Å²) < 4.78 is 13.6. The first-order valence-electron chi connectivity index (χ1n) is 5.20. The summed E-state index contributed by atoms with van der Waals surface area (Å²) in [5.74, 6) is -0.371. The van der Waals surface area contributed by atoms with Gasteiger partial charge in [0, 0.05) is 18.6 Å². The van der Waals surface area contributed by atoms with Gasteiger partial charge in [-0.25, -0.2) is 9.37 Å². The minimum absolute atomic E-state index is 0.0115. The van der Waals surface area contributed by atoms with Crippen LogP contribution in [0.3, 0.4) is 0 Å². The minimum atomic E-state index is -0.519. The molecule has 0 fully saturated rings. The topological polar surface area (TPSA) is 29.0 Å². The second kappa shape index (κ2) is 5.50. The predicted molar refractivity (Wildman–Crippen MR) is 70.6 cm³/mol. The van der Waals surface area contributed by atoms with Crippen LogP contribution in [0, 0.1) is 5.82 Å². The van der Waals surface area contributed by atoms with Crippen LogP contribution in [0.5, 0.6) is 0 Å². The Kier molecular flexibility index (Phi) is 3.99. The highest BCUT2D eigenvalue weighted by Crippen LogP contribution is 2.21. The normalized spacial score (nSPS) is 10.4. The zero-order valence-corrected chi connectivity index (χ0v) is 11.1. The maximum absolute atomic E-state index is 13.6. The molecule has 0 saturated carbocycles. The minimum Gasteiger partial charge on any atom is -0.353 e. The molecule has 0 amide bonds. The molecule has 3 nitrogen and oxygen atoms in total. The van der Waals surface area contributed by atoms with Crippen LogP contribution in [0.4, 0.5) is 10.2 Å². The average Bonchev–Trinajstić information content (AvgIpc) is 2.35. The molecule has 2 aromatic rings. The molecule has 0 aliphatic heterocycles. The third kappa shape index (κ3) is 2.89. The Hall–Kier alpha value is -1.39. The van der Waals surface area contributed by atoms with E-state index in [0.29, 0.717) is 11.6 Å². The smallest absolute Gasteiger partial charge is 0.224 e. The van der Waals surface area contributed by atoms with Gasteiger partial charge in [-0.15, -0.1) is 0 Å². The van der Waals surface area contributed by atoms with E-state index in [4.69, 9.17) is 23.2 Å². The summed E-state index contributed by atoms with van der Waals surface area (Å²) in [6.07, 6.45) is 1.05. The van der Waals surface area contributed by atoms with E-state index in [9.17, 15) is 4.39 Å². The molecule has 0 atom stereocenters. The number of hydrogen-bond donors (Lipinski definition) is 0. The second-order valence-electron chi connectivity index (χ2n) is 3.76. The van der Waals surface area contributed by atoms with Gasteiger partial charge in [0.05, 0.1) is 6.20 Å². The molecule has 0 saturated heterocycles. The standard InChI is InChI=1S/C12H10Cl2FN3/c1-18(7-8-4-2-3-5-9(8)13)11-10(15)6-16-12(14)17-11/h2-6H,7H2,1H3. The Bertz CT molecular complexity index is 563. The number of anilines is 1. The number of hydrogen-bond acceptors (Lipinski definition) is 3. The van der Waals surface area contributed by atoms with Gasteiger partial charge in [-0.2, -0.15) is 4.98 Å². The molecule has 0 N–H and O–H groups in total. The molecule has 1 aromatic carbocycles. The summed E-state index contributed by atoms with van der Waals surface area (Å²) in [5, 5.41) is 0.641. The van der Waals surface area contributed by atoms with Crippen molar-refractivity contribution in [2.75, 3.05) is 11.9 Å². The van der Waals surface area contributed by atoms with Crippen molar-refractivity contribution in [2.24, 2.45) is 0 Å². The number of halogens is 3. The Morgan fingerprint density at radius 2 is 2.00 bits per heavy atom. The third-order valence-corrected chi connectivity index (χ3v) is 2.97. The lowest BCUT2D eigenvalue weighted by Crippen LogP contribution is -2.19. The van der Waals surface area contributed by atoms with Crippen LogP contribution in [0.1, 0.15) is 5.56 Å². The second-order valence-corrected chi connectivity index (χ2v) is 4.50. The van der Waals surface area contributed by atoms with E-state index in [1.54, 1.807) is 18.0 Å². The molecular formula is C12H10Cl2FN3. The van der Waals surface area contributed by atoms with E-state index in [1.807, 2.05) is 18.2 Å². The fraction of sp³-hybridized carbons (Fsp3) is 0.167. The maximum Gasteiger partial charge on any atom is 0.224 e. The number of rotatable bonds is 3. The van der Waals surface area contributed by atoms with Crippen LogP contribution >= 0.6 is 23.2 Å². The Morgan fingerprint density at radius 3 is 2.72 bits per heavy atom. The molecular weight excluding hydrogens is 276 g/mol. The quantitative estimate of drug-likeness (QED) is 0.808. The molecule has 1 aromatic heterocycles. The van der Waals surface area contributed by atoms with Crippen LogP contribution < -0.4 is 4.90 Å². The van der Waals surface area contributed by atoms with Gasteiger partial charge in [-0.05, 0) is 23.2 Å². The van der Waals surface area contributed by atoms with Crippen LogP contribution in [-0.2, 0) is 6.54 Å². The summed E-state index contributed by atoms with van der Waals surface area (Å²) in [6, 6.07) is 7.37. The lowest BCUT2D eigenvalue weighted by Gasteiger charge is -2.19. The van der Waals surface area contributed by atoms with Gasteiger partial charge in [0.25, 0.3) is 0 Å². The molecule has 0 spiro atoms. The first kappa shape index (κ1) is 13.1. The van der Waals surface area contributed by atoms with Crippen molar-refractivity contribution in [2.45, 2.75) is 6.54 Å². The van der Waals surface area contributed by atoms with Gasteiger partial charge in [0.15, 0.2) is 11.6 Å². The zero-order chi connectivity index (χ0) is 13.1. The van der Waals surface area contributed by atoms with Crippen LogP contribution in [0.2, 0.25) is 10.3 Å². The Balaban J connectivity index is 2.25. The maximum atomic E-state index is 13.6. The summed E-state index contributed by atoms with van der Waals surface area (Å²) >= 11 is 11.7. The monoisotopic (exact) mass is 285 g/mol. The van der Waals surface area contributed by atoms with Gasteiger partial charge < -0.3 is 4.90 Å². The molecule has 6 heteroatoms. The summed E-state index contributed by atoms with van der Waals surface area (Å²) in [5.41, 5.74) is 0.885. The van der Waals surface area contributed by atoms with E-state index in [2.05, 4.69) is 9.97 Å². The largest absolute Gasteiger partial charge is 0.353 e. The lowest BCUT2D eigenvalue weighted by atomic mass is 10.2. The van der Waals surface area contributed by atoms with Crippen LogP contribution in [0.25, 0.3) is 0 Å². The van der Waals surface area contributed by atoms with E-state index >= 15 is 0 Å². The molecule has 0 radical (unpaired) electrons. The van der Waals surface area contributed by atoms with Crippen molar-refractivity contribution in [3.05, 3.63) is 52.1 Å². The molecule has 0 aliphatic rings. The highest BCUT2D eigenvalue weighted by molar-refractivity contribution is 6.31. The first-order valence-corrected chi connectivity index (χ1v) is 5.96. The van der Waals surface area contributed by atoms with Gasteiger partial charge >= 0.3 is 0 Å². The summed E-state index contributed by atoms with van der Waals surface area (Å²) in [6.45, 7) is 0.434. The molecule has 0 unspecified atom stereocenters. The third-order valence-electron chi connectivity index (χ3n) is 2.42. The fourth-order valence-electron chi connectivity index (χ4n) is 1.56. The number of aromatic nitrogens is 2. The lowest BCUT2D eigenvalue weighted by molar-refractivity contribution is 0.607. The molecule has 0 aliphatic carbocycles. The van der Waals surface area contributed by atoms with Gasteiger partial charge in [-0.1, -0.05) is 29.8 Å². The molecule has 0 bridgehead atoms. The molecule has 2 rings (SSSR count). The first-order chi connectivity index (χ1) is 8.58. The number of benzene rings is 1. The van der Waals surface area contributed by atoms with Crippen molar-refractivity contribution in [3.63, 3.8) is 0 Å². The van der Waals surface area contributed by atoms with Gasteiger partial charge in [-0.3, -0.25) is 0 Å². The van der Waals surface area contributed by atoms with E-state index in [1.165, 1.54) is 0 Å². The van der Waals surface area contributed by atoms with Crippen molar-refractivity contribution in [1.82, 2.24) is 9.97 Å². The molecule has 1 heterocycles.